The molecule has 3 aromatic carbocycles. The highest BCUT2D eigenvalue weighted by Gasteiger charge is 2.14. The van der Waals surface area contributed by atoms with Crippen LogP contribution in [0.2, 0.25) is 0 Å². The van der Waals surface area contributed by atoms with E-state index >= 15 is 0 Å². The smallest absolute Gasteiger partial charge is 0.182 e. The van der Waals surface area contributed by atoms with Gasteiger partial charge < -0.3 is 0 Å². The second-order valence-electron chi connectivity index (χ2n) is 6.43. The van der Waals surface area contributed by atoms with Gasteiger partial charge in [-0.15, -0.1) is 10.2 Å². The van der Waals surface area contributed by atoms with Crippen molar-refractivity contribution in [3.63, 3.8) is 0 Å². The van der Waals surface area contributed by atoms with Crippen LogP contribution >= 0.6 is 11.3 Å². The van der Waals surface area contributed by atoms with Gasteiger partial charge >= 0.3 is 0 Å². The zero-order valence-corrected chi connectivity index (χ0v) is 15.5. The Morgan fingerprint density at radius 2 is 1.30 bits per heavy atom. The van der Waals surface area contributed by atoms with Gasteiger partial charge in [-0.2, -0.15) is 9.61 Å². The predicted molar refractivity (Wildman–Crippen MR) is 110 cm³/mol. The summed E-state index contributed by atoms with van der Waals surface area (Å²) >= 11 is 1.55. The van der Waals surface area contributed by atoms with Crippen molar-refractivity contribution in [2.24, 2.45) is 0 Å². The maximum absolute atomic E-state index is 4.75. The lowest BCUT2D eigenvalue weighted by Gasteiger charge is -2.02. The van der Waals surface area contributed by atoms with Gasteiger partial charge in [-0.25, -0.2) is 0 Å². The highest BCUT2D eigenvalue weighted by Crippen LogP contribution is 2.30. The number of aryl methyl sites for hydroxylation is 1. The van der Waals surface area contributed by atoms with E-state index in [2.05, 4.69) is 89.9 Å². The van der Waals surface area contributed by atoms with Gasteiger partial charge in [-0.3, -0.25) is 0 Å². The third-order valence-electron chi connectivity index (χ3n) is 4.54. The molecule has 0 unspecified atom stereocenters. The highest BCUT2D eigenvalue weighted by molar-refractivity contribution is 7.19. The number of aromatic nitrogens is 4. The summed E-state index contributed by atoms with van der Waals surface area (Å²) in [6.45, 7) is 2.07. The van der Waals surface area contributed by atoms with Crippen molar-refractivity contribution in [2.75, 3.05) is 0 Å². The molecule has 5 rings (SSSR count). The molecular weight excluding hydrogens is 352 g/mol. The highest BCUT2D eigenvalue weighted by atomic mass is 32.1. The Balaban J connectivity index is 1.51. The van der Waals surface area contributed by atoms with Gasteiger partial charge in [0.25, 0.3) is 0 Å². The molecule has 0 aliphatic carbocycles. The van der Waals surface area contributed by atoms with E-state index in [9.17, 15) is 0 Å². The quantitative estimate of drug-likeness (QED) is 0.423. The summed E-state index contributed by atoms with van der Waals surface area (Å²) in [7, 11) is 0. The SMILES string of the molecule is Cc1ccc(-c2nnc3sc(-c4ccc(-c5ccccc5)cc4)nn23)cc1. The van der Waals surface area contributed by atoms with Crippen LogP contribution in [-0.4, -0.2) is 19.8 Å². The minimum atomic E-state index is 0.772. The van der Waals surface area contributed by atoms with Crippen molar-refractivity contribution in [2.45, 2.75) is 6.92 Å². The Morgan fingerprint density at radius 1 is 0.667 bits per heavy atom. The van der Waals surface area contributed by atoms with Gasteiger partial charge in [0.15, 0.2) is 5.82 Å². The molecule has 0 spiro atoms. The zero-order chi connectivity index (χ0) is 18.2. The lowest BCUT2D eigenvalue weighted by atomic mass is 10.0. The first kappa shape index (κ1) is 15.9. The number of hydrogen-bond acceptors (Lipinski definition) is 4. The van der Waals surface area contributed by atoms with E-state index in [4.69, 9.17) is 5.10 Å². The Morgan fingerprint density at radius 3 is 2.04 bits per heavy atom. The molecule has 2 aromatic heterocycles. The van der Waals surface area contributed by atoms with Crippen LogP contribution in [0.25, 0.3) is 38.0 Å². The van der Waals surface area contributed by atoms with Crippen LogP contribution in [-0.2, 0) is 0 Å². The molecule has 0 saturated carbocycles. The molecule has 0 bridgehead atoms. The van der Waals surface area contributed by atoms with Crippen LogP contribution in [0.1, 0.15) is 5.56 Å². The molecular formula is C22H16N4S. The van der Waals surface area contributed by atoms with Gasteiger partial charge in [0.1, 0.15) is 5.01 Å². The summed E-state index contributed by atoms with van der Waals surface area (Å²) in [6.07, 6.45) is 0. The van der Waals surface area contributed by atoms with E-state index in [1.54, 1.807) is 11.3 Å². The maximum atomic E-state index is 4.75. The summed E-state index contributed by atoms with van der Waals surface area (Å²) in [5.74, 6) is 0.772. The largest absolute Gasteiger partial charge is 0.235 e. The molecule has 5 aromatic rings. The van der Waals surface area contributed by atoms with Crippen molar-refractivity contribution in [3.8, 4) is 33.1 Å². The Labute approximate surface area is 160 Å². The van der Waals surface area contributed by atoms with E-state index in [0.717, 1.165) is 26.9 Å². The molecule has 5 heteroatoms. The number of hydrogen-bond donors (Lipinski definition) is 0. The lowest BCUT2D eigenvalue weighted by molar-refractivity contribution is 0.970. The second-order valence-corrected chi connectivity index (χ2v) is 7.39. The van der Waals surface area contributed by atoms with Crippen molar-refractivity contribution in [1.82, 2.24) is 19.8 Å². The molecule has 4 nitrogen and oxygen atoms in total. The summed E-state index contributed by atoms with van der Waals surface area (Å²) in [5.41, 5.74) is 5.73. The van der Waals surface area contributed by atoms with Crippen LogP contribution in [0.15, 0.2) is 78.9 Å². The molecule has 27 heavy (non-hydrogen) atoms. The third-order valence-corrected chi connectivity index (χ3v) is 5.49. The zero-order valence-electron chi connectivity index (χ0n) is 14.7. The van der Waals surface area contributed by atoms with E-state index < -0.39 is 0 Å². The Hall–Kier alpha value is -3.31. The lowest BCUT2D eigenvalue weighted by Crippen LogP contribution is -1.91. The number of nitrogens with zero attached hydrogens (tertiary/aromatic N) is 4. The third kappa shape index (κ3) is 2.92. The van der Waals surface area contributed by atoms with Gasteiger partial charge in [0.05, 0.1) is 0 Å². The molecule has 0 amide bonds. The summed E-state index contributed by atoms with van der Waals surface area (Å²) < 4.78 is 1.83. The first-order valence-electron chi connectivity index (χ1n) is 8.73. The molecule has 0 saturated heterocycles. The monoisotopic (exact) mass is 368 g/mol. The first-order valence-corrected chi connectivity index (χ1v) is 9.55. The van der Waals surface area contributed by atoms with Crippen LogP contribution in [0.3, 0.4) is 0 Å². The van der Waals surface area contributed by atoms with Crippen molar-refractivity contribution in [3.05, 3.63) is 84.4 Å². The van der Waals surface area contributed by atoms with Crippen molar-refractivity contribution >= 4 is 16.3 Å². The van der Waals surface area contributed by atoms with Crippen LogP contribution in [0.5, 0.6) is 0 Å². The second kappa shape index (κ2) is 6.45. The van der Waals surface area contributed by atoms with Crippen LogP contribution in [0, 0.1) is 6.92 Å². The Bertz CT molecular complexity index is 1200. The average Bonchev–Trinajstić information content (AvgIpc) is 3.31. The minimum absolute atomic E-state index is 0.772. The normalized spacial score (nSPS) is 11.1. The first-order chi connectivity index (χ1) is 13.3. The molecule has 0 N–H and O–H groups in total. The topological polar surface area (TPSA) is 43.1 Å². The molecule has 0 atom stereocenters. The molecule has 0 aliphatic rings. The fourth-order valence-electron chi connectivity index (χ4n) is 3.05. The fourth-order valence-corrected chi connectivity index (χ4v) is 3.90. The van der Waals surface area contributed by atoms with E-state index in [-0.39, 0.29) is 0 Å². The fraction of sp³-hybridized carbons (Fsp3) is 0.0455. The number of rotatable bonds is 3. The molecule has 0 fully saturated rings. The maximum Gasteiger partial charge on any atom is 0.235 e. The Kier molecular flexibility index (Phi) is 3.80. The van der Waals surface area contributed by atoms with E-state index in [0.29, 0.717) is 0 Å². The number of benzene rings is 3. The van der Waals surface area contributed by atoms with Gasteiger partial charge in [0, 0.05) is 11.1 Å². The van der Waals surface area contributed by atoms with E-state index in [1.165, 1.54) is 16.7 Å². The molecule has 2 heterocycles. The average molecular weight is 368 g/mol. The summed E-state index contributed by atoms with van der Waals surface area (Å²) in [5, 5.41) is 14.3. The molecule has 0 aliphatic heterocycles. The van der Waals surface area contributed by atoms with Crippen LogP contribution in [0.4, 0.5) is 0 Å². The molecule has 130 valence electrons. The van der Waals surface area contributed by atoms with Gasteiger partial charge in [0.2, 0.25) is 4.96 Å². The summed E-state index contributed by atoms with van der Waals surface area (Å²) in [4.78, 5) is 0.799. The van der Waals surface area contributed by atoms with Gasteiger partial charge in [-0.05, 0) is 18.1 Å². The van der Waals surface area contributed by atoms with Gasteiger partial charge in [-0.1, -0.05) is 95.8 Å². The minimum Gasteiger partial charge on any atom is -0.182 e. The standard InChI is InChI=1S/C22H16N4S/c1-15-7-9-18(10-8-15)20-23-24-22-26(20)25-21(27-22)19-13-11-17(12-14-19)16-5-3-2-4-6-16/h2-14H,1H3. The van der Waals surface area contributed by atoms with Crippen molar-refractivity contribution in [1.29, 1.82) is 0 Å². The number of fused-ring (bicyclic) bond motifs is 1. The molecule has 0 radical (unpaired) electrons. The van der Waals surface area contributed by atoms with Crippen LogP contribution < -0.4 is 0 Å². The summed E-state index contributed by atoms with van der Waals surface area (Å²) in [6, 6.07) is 27.1. The predicted octanol–water partition coefficient (Wildman–Crippen LogP) is 5.50. The van der Waals surface area contributed by atoms with E-state index in [1.807, 2.05) is 10.6 Å². The van der Waals surface area contributed by atoms with Crippen molar-refractivity contribution < 1.29 is 0 Å².